The van der Waals surface area contributed by atoms with Crippen LogP contribution in [0.3, 0.4) is 0 Å². The van der Waals surface area contributed by atoms with Gasteiger partial charge in [0.25, 0.3) is 0 Å². The van der Waals surface area contributed by atoms with E-state index in [1.807, 2.05) is 49.4 Å². The molecule has 0 saturated carbocycles. The highest BCUT2D eigenvalue weighted by Crippen LogP contribution is 2.49. The van der Waals surface area contributed by atoms with Crippen LogP contribution >= 0.6 is 23.2 Å². The second kappa shape index (κ2) is 8.39. The number of carbonyl (C=O) groups is 1. The Kier molecular flexibility index (Phi) is 5.81. The number of ketones is 1. The van der Waals surface area contributed by atoms with Gasteiger partial charge in [-0.1, -0.05) is 59.6 Å². The van der Waals surface area contributed by atoms with E-state index in [-0.39, 0.29) is 11.7 Å². The van der Waals surface area contributed by atoms with Crippen molar-refractivity contribution in [2.45, 2.75) is 24.7 Å². The minimum absolute atomic E-state index is 0.00165. The zero-order valence-corrected chi connectivity index (χ0v) is 18.8. The number of allylic oxidation sites excluding steroid dienone is 3. The third kappa shape index (κ3) is 3.72. The van der Waals surface area contributed by atoms with Gasteiger partial charge in [0.2, 0.25) is 0 Å². The Bertz CT molecular complexity index is 1150. The monoisotopic (exact) mass is 452 g/mol. The van der Waals surface area contributed by atoms with Gasteiger partial charge in [-0.15, -0.1) is 0 Å². The van der Waals surface area contributed by atoms with Crippen LogP contribution in [0.1, 0.15) is 35.8 Å². The minimum Gasteiger partial charge on any atom is -0.383 e. The SMILES string of the molecule is CN(C)N1C(N)=C(C#N)[C@H](c2ccc(Cl)cc2Cl)C2=C1C[C@H](c1ccccc1)CC2=O. The van der Waals surface area contributed by atoms with Crippen LogP contribution in [-0.2, 0) is 4.79 Å². The van der Waals surface area contributed by atoms with E-state index in [1.165, 1.54) is 0 Å². The lowest BCUT2D eigenvalue weighted by Crippen LogP contribution is -2.46. The van der Waals surface area contributed by atoms with Crippen molar-refractivity contribution in [2.75, 3.05) is 14.1 Å². The molecule has 158 valence electrons. The summed E-state index contributed by atoms with van der Waals surface area (Å²) in [7, 11) is 3.69. The van der Waals surface area contributed by atoms with Crippen LogP contribution in [0.5, 0.6) is 0 Å². The van der Waals surface area contributed by atoms with E-state index in [1.54, 1.807) is 23.2 Å². The summed E-state index contributed by atoms with van der Waals surface area (Å²) in [5, 5.41) is 14.5. The third-order valence-electron chi connectivity index (χ3n) is 5.88. The molecule has 0 bridgehead atoms. The molecule has 2 aliphatic rings. The molecule has 0 aromatic heterocycles. The molecule has 1 heterocycles. The maximum Gasteiger partial charge on any atom is 0.162 e. The van der Waals surface area contributed by atoms with E-state index in [2.05, 4.69) is 6.07 Å². The van der Waals surface area contributed by atoms with Gasteiger partial charge >= 0.3 is 0 Å². The van der Waals surface area contributed by atoms with Crippen molar-refractivity contribution < 1.29 is 4.79 Å². The van der Waals surface area contributed by atoms with Crippen molar-refractivity contribution in [2.24, 2.45) is 5.73 Å². The van der Waals surface area contributed by atoms with E-state index in [4.69, 9.17) is 28.9 Å². The van der Waals surface area contributed by atoms with Crippen LogP contribution in [0.25, 0.3) is 0 Å². The molecule has 0 saturated heterocycles. The Labute approximate surface area is 191 Å². The molecule has 0 radical (unpaired) electrons. The zero-order chi connectivity index (χ0) is 22.3. The van der Waals surface area contributed by atoms with Gasteiger partial charge in [-0.05, 0) is 35.6 Å². The number of nitriles is 1. The minimum atomic E-state index is -0.620. The van der Waals surface area contributed by atoms with Gasteiger partial charge in [-0.2, -0.15) is 5.26 Å². The summed E-state index contributed by atoms with van der Waals surface area (Å²) in [4.78, 5) is 13.6. The molecule has 1 aliphatic heterocycles. The van der Waals surface area contributed by atoms with E-state index >= 15 is 0 Å². The lowest BCUT2D eigenvalue weighted by molar-refractivity contribution is -0.117. The van der Waals surface area contributed by atoms with Crippen LogP contribution in [0.15, 0.2) is 71.2 Å². The summed E-state index contributed by atoms with van der Waals surface area (Å²) in [6.45, 7) is 0. The van der Waals surface area contributed by atoms with E-state index in [9.17, 15) is 10.1 Å². The van der Waals surface area contributed by atoms with E-state index < -0.39 is 5.92 Å². The van der Waals surface area contributed by atoms with Gasteiger partial charge in [0.1, 0.15) is 5.82 Å². The first-order valence-electron chi connectivity index (χ1n) is 9.96. The predicted molar refractivity (Wildman–Crippen MR) is 122 cm³/mol. The average Bonchev–Trinajstić information content (AvgIpc) is 2.73. The first kappa shape index (κ1) is 21.5. The largest absolute Gasteiger partial charge is 0.383 e. The number of benzene rings is 2. The van der Waals surface area contributed by atoms with Crippen LogP contribution in [0.4, 0.5) is 0 Å². The van der Waals surface area contributed by atoms with Crippen molar-refractivity contribution in [1.82, 2.24) is 10.0 Å². The van der Waals surface area contributed by atoms with Gasteiger partial charge in [0.15, 0.2) is 5.78 Å². The fourth-order valence-corrected chi connectivity index (χ4v) is 5.09. The fourth-order valence-electron chi connectivity index (χ4n) is 4.58. The molecule has 2 aromatic rings. The molecule has 2 atom stereocenters. The van der Waals surface area contributed by atoms with Crippen LogP contribution in [-0.4, -0.2) is 29.9 Å². The highest BCUT2D eigenvalue weighted by atomic mass is 35.5. The number of nitrogens with zero attached hydrogens (tertiary/aromatic N) is 3. The van der Waals surface area contributed by atoms with Crippen molar-refractivity contribution in [3.05, 3.63) is 92.4 Å². The average molecular weight is 453 g/mol. The standard InChI is InChI=1S/C24H22Cl2N4O/c1-29(2)30-20-10-15(14-6-4-3-5-7-14)11-21(31)23(20)22(18(13-27)24(30)28)17-9-8-16(25)12-19(17)26/h3-9,12,15,22H,10-11,28H2,1-2H3/t15-,22-/m0/s1. The molecule has 4 rings (SSSR count). The van der Waals surface area contributed by atoms with Gasteiger partial charge in [-0.3, -0.25) is 9.80 Å². The summed E-state index contributed by atoms with van der Waals surface area (Å²) in [5.41, 5.74) is 9.96. The highest BCUT2D eigenvalue weighted by Gasteiger charge is 2.43. The Morgan fingerprint density at radius 1 is 1.13 bits per heavy atom. The predicted octanol–water partition coefficient (Wildman–Crippen LogP) is 4.96. The number of Topliss-reactive ketones (excluding diaryl/α,β-unsaturated/α-hetero) is 1. The summed E-state index contributed by atoms with van der Waals surface area (Å²) in [6.07, 6.45) is 0.995. The Balaban J connectivity index is 1.92. The number of halogens is 2. The molecular formula is C24H22Cl2N4O. The van der Waals surface area contributed by atoms with E-state index in [0.717, 1.165) is 11.3 Å². The normalized spacial score (nSPS) is 21.4. The summed E-state index contributed by atoms with van der Waals surface area (Å²) >= 11 is 12.6. The van der Waals surface area contributed by atoms with Crippen molar-refractivity contribution in [1.29, 1.82) is 5.26 Å². The van der Waals surface area contributed by atoms with Crippen molar-refractivity contribution in [3.63, 3.8) is 0 Å². The number of nitrogens with two attached hydrogens (primary N) is 1. The molecule has 31 heavy (non-hydrogen) atoms. The van der Waals surface area contributed by atoms with Gasteiger partial charge in [0.05, 0.1) is 17.6 Å². The van der Waals surface area contributed by atoms with Gasteiger partial charge in [-0.25, -0.2) is 5.01 Å². The molecule has 7 heteroatoms. The summed E-state index contributed by atoms with van der Waals surface area (Å²) in [5.74, 6) is -0.278. The molecule has 0 unspecified atom stereocenters. The Morgan fingerprint density at radius 2 is 1.84 bits per heavy atom. The quantitative estimate of drug-likeness (QED) is 0.711. The lowest BCUT2D eigenvalue weighted by Gasteiger charge is -2.44. The molecular weight excluding hydrogens is 431 g/mol. The molecule has 2 aromatic carbocycles. The Morgan fingerprint density at radius 3 is 2.45 bits per heavy atom. The molecule has 1 aliphatic carbocycles. The van der Waals surface area contributed by atoms with E-state index in [0.29, 0.717) is 45.4 Å². The first-order chi connectivity index (χ1) is 14.8. The third-order valence-corrected chi connectivity index (χ3v) is 6.45. The number of hydrogen-bond acceptors (Lipinski definition) is 5. The van der Waals surface area contributed by atoms with Gasteiger partial charge in [0, 0.05) is 41.8 Å². The lowest BCUT2D eigenvalue weighted by atomic mass is 9.72. The fraction of sp³-hybridized carbons (Fsp3) is 0.250. The molecule has 0 spiro atoms. The summed E-state index contributed by atoms with van der Waals surface area (Å²) < 4.78 is 0. The van der Waals surface area contributed by atoms with Gasteiger partial charge < -0.3 is 5.73 Å². The second-order valence-corrected chi connectivity index (χ2v) is 8.81. The highest BCUT2D eigenvalue weighted by molar-refractivity contribution is 6.35. The maximum absolute atomic E-state index is 13.6. The number of hydrogen-bond donors (Lipinski definition) is 1. The Hall–Kier alpha value is -2.78. The van der Waals surface area contributed by atoms with Crippen molar-refractivity contribution >= 4 is 29.0 Å². The molecule has 0 amide bonds. The number of carbonyl (C=O) groups excluding carboxylic acids is 1. The molecule has 0 fully saturated rings. The number of hydrazine groups is 1. The van der Waals surface area contributed by atoms with Crippen LogP contribution < -0.4 is 5.73 Å². The topological polar surface area (TPSA) is 73.4 Å². The molecule has 5 nitrogen and oxygen atoms in total. The van der Waals surface area contributed by atoms with Crippen molar-refractivity contribution in [3.8, 4) is 6.07 Å². The molecule has 2 N–H and O–H groups in total. The zero-order valence-electron chi connectivity index (χ0n) is 17.3. The maximum atomic E-state index is 13.6. The van der Waals surface area contributed by atoms with Crippen LogP contribution in [0, 0.1) is 11.3 Å². The number of rotatable bonds is 3. The van der Waals surface area contributed by atoms with Crippen LogP contribution in [0.2, 0.25) is 10.0 Å². The summed E-state index contributed by atoms with van der Waals surface area (Å²) in [6, 6.07) is 17.3. The smallest absolute Gasteiger partial charge is 0.162 e. The second-order valence-electron chi connectivity index (χ2n) is 7.97. The first-order valence-corrected chi connectivity index (χ1v) is 10.7.